The van der Waals surface area contributed by atoms with Crippen molar-refractivity contribution in [3.05, 3.63) is 23.8 Å². The number of aromatic nitrogens is 1. The highest BCUT2D eigenvalue weighted by molar-refractivity contribution is 9.08. The Bertz CT molecular complexity index is 793. The molecule has 0 aliphatic rings. The van der Waals surface area contributed by atoms with Crippen LogP contribution in [0.15, 0.2) is 18.2 Å². The van der Waals surface area contributed by atoms with Gasteiger partial charge < -0.3 is 9.47 Å². The Labute approximate surface area is 165 Å². The maximum Gasteiger partial charge on any atom is 0.425 e. The van der Waals surface area contributed by atoms with Gasteiger partial charge >= 0.3 is 12.2 Å². The summed E-state index contributed by atoms with van der Waals surface area (Å²) >= 11 is 4.63. The number of carbonyl (C=O) groups excluding carboxylic acids is 2. The average Bonchev–Trinajstić information content (AvgIpc) is 2.86. The molecule has 26 heavy (non-hydrogen) atoms. The Kier molecular flexibility index (Phi) is 5.97. The number of benzene rings is 1. The fraction of sp³-hybridized carbons (Fsp3) is 0.500. The Morgan fingerprint density at radius 2 is 1.62 bits per heavy atom. The SMILES string of the molecule is CC(C)(C)OC(=O)N(C(=O)OC(C)(C)C)c1nsc2ccc(CBr)cc12. The number of halogens is 1. The second kappa shape index (κ2) is 7.52. The molecule has 0 saturated heterocycles. The predicted molar refractivity (Wildman–Crippen MR) is 107 cm³/mol. The van der Waals surface area contributed by atoms with E-state index in [1.165, 1.54) is 11.5 Å². The van der Waals surface area contributed by atoms with Gasteiger partial charge in [-0.3, -0.25) is 0 Å². The molecule has 0 aliphatic carbocycles. The fourth-order valence-corrected chi connectivity index (χ4v) is 3.17. The topological polar surface area (TPSA) is 68.7 Å². The summed E-state index contributed by atoms with van der Waals surface area (Å²) in [5.74, 6) is 0.219. The molecule has 1 aromatic carbocycles. The normalized spacial score (nSPS) is 12.1. The minimum atomic E-state index is -0.816. The molecule has 0 aliphatic heterocycles. The fourth-order valence-electron chi connectivity index (χ4n) is 2.08. The van der Waals surface area contributed by atoms with E-state index in [1.807, 2.05) is 18.2 Å². The molecule has 0 N–H and O–H groups in total. The molecule has 0 atom stereocenters. The Morgan fingerprint density at radius 1 is 1.08 bits per heavy atom. The maximum atomic E-state index is 12.7. The van der Waals surface area contributed by atoms with E-state index in [0.29, 0.717) is 10.7 Å². The van der Waals surface area contributed by atoms with Crippen LogP contribution < -0.4 is 4.90 Å². The number of ether oxygens (including phenoxy) is 2. The number of carbonyl (C=O) groups is 2. The maximum absolute atomic E-state index is 12.7. The van der Waals surface area contributed by atoms with Crippen LogP contribution in [-0.4, -0.2) is 27.8 Å². The van der Waals surface area contributed by atoms with Crippen LogP contribution in [0, 0.1) is 0 Å². The highest BCUT2D eigenvalue weighted by atomic mass is 79.9. The van der Waals surface area contributed by atoms with Crippen LogP contribution >= 0.6 is 27.5 Å². The van der Waals surface area contributed by atoms with Gasteiger partial charge in [0.1, 0.15) is 11.2 Å². The number of hydrogen-bond acceptors (Lipinski definition) is 6. The molecule has 1 aromatic heterocycles. The summed E-state index contributed by atoms with van der Waals surface area (Å²) in [6.45, 7) is 10.4. The molecule has 2 aromatic rings. The van der Waals surface area contributed by atoms with Crippen molar-refractivity contribution in [3.63, 3.8) is 0 Å². The van der Waals surface area contributed by atoms with Gasteiger partial charge in [0.25, 0.3) is 0 Å². The summed E-state index contributed by atoms with van der Waals surface area (Å²) in [6, 6.07) is 5.77. The van der Waals surface area contributed by atoms with E-state index in [9.17, 15) is 9.59 Å². The highest BCUT2D eigenvalue weighted by Crippen LogP contribution is 2.33. The largest absolute Gasteiger partial charge is 0.443 e. The number of nitrogens with zero attached hydrogens (tertiary/aromatic N) is 2. The summed E-state index contributed by atoms with van der Waals surface area (Å²) in [6.07, 6.45) is -1.63. The lowest BCUT2D eigenvalue weighted by molar-refractivity contribution is 0.0430. The van der Waals surface area contributed by atoms with Crippen molar-refractivity contribution in [1.82, 2.24) is 4.37 Å². The summed E-state index contributed by atoms with van der Waals surface area (Å²) < 4.78 is 16.0. The molecule has 8 heteroatoms. The molecule has 1 heterocycles. The van der Waals surface area contributed by atoms with Gasteiger partial charge in [-0.25, -0.2) is 9.59 Å². The zero-order valence-electron chi connectivity index (χ0n) is 15.8. The van der Waals surface area contributed by atoms with Crippen LogP contribution in [0.5, 0.6) is 0 Å². The summed E-state index contributed by atoms with van der Waals surface area (Å²) in [5.41, 5.74) is -0.513. The lowest BCUT2D eigenvalue weighted by Gasteiger charge is -2.27. The summed E-state index contributed by atoms with van der Waals surface area (Å²) in [4.78, 5) is 26.4. The number of amides is 2. The minimum Gasteiger partial charge on any atom is -0.443 e. The van der Waals surface area contributed by atoms with Gasteiger partial charge in [-0.1, -0.05) is 22.0 Å². The summed E-state index contributed by atoms with van der Waals surface area (Å²) in [5, 5.41) is 1.35. The molecule has 2 amide bonds. The van der Waals surface area contributed by atoms with Crippen molar-refractivity contribution >= 4 is 55.6 Å². The van der Waals surface area contributed by atoms with Gasteiger partial charge in [-0.2, -0.15) is 9.27 Å². The first-order chi connectivity index (χ1) is 11.9. The number of anilines is 1. The molecule has 0 fully saturated rings. The van der Waals surface area contributed by atoms with Gasteiger partial charge in [-0.15, -0.1) is 0 Å². The Balaban J connectivity index is 2.53. The molecular formula is C18H23BrN2O4S. The lowest BCUT2D eigenvalue weighted by Crippen LogP contribution is -2.44. The number of alkyl halides is 1. The highest BCUT2D eigenvalue weighted by Gasteiger charge is 2.35. The third kappa shape index (κ3) is 5.17. The minimum absolute atomic E-state index is 0.219. The quantitative estimate of drug-likeness (QED) is 0.543. The number of rotatable bonds is 2. The van der Waals surface area contributed by atoms with Gasteiger partial charge in [-0.05, 0) is 70.8 Å². The third-order valence-electron chi connectivity index (χ3n) is 3.03. The van der Waals surface area contributed by atoms with Gasteiger partial charge in [0, 0.05) is 10.7 Å². The second-order valence-electron chi connectivity index (χ2n) is 7.77. The van der Waals surface area contributed by atoms with Crippen molar-refractivity contribution < 1.29 is 19.1 Å². The second-order valence-corrected chi connectivity index (χ2v) is 9.13. The smallest absolute Gasteiger partial charge is 0.425 e. The number of fused-ring (bicyclic) bond motifs is 1. The first-order valence-corrected chi connectivity index (χ1v) is 10.0. The van der Waals surface area contributed by atoms with E-state index in [0.717, 1.165) is 15.2 Å². The number of imide groups is 1. The molecule has 6 nitrogen and oxygen atoms in total. The van der Waals surface area contributed by atoms with Crippen LogP contribution in [0.2, 0.25) is 0 Å². The van der Waals surface area contributed by atoms with E-state index >= 15 is 0 Å². The van der Waals surface area contributed by atoms with E-state index in [1.54, 1.807) is 41.5 Å². The molecule has 0 saturated carbocycles. The first kappa shape index (κ1) is 20.6. The third-order valence-corrected chi connectivity index (χ3v) is 4.50. The molecule has 0 spiro atoms. The zero-order chi connectivity index (χ0) is 19.7. The Hall–Kier alpha value is -1.67. The van der Waals surface area contributed by atoms with Crippen LogP contribution in [0.25, 0.3) is 10.1 Å². The van der Waals surface area contributed by atoms with E-state index in [4.69, 9.17) is 9.47 Å². The van der Waals surface area contributed by atoms with Crippen molar-refractivity contribution in [2.75, 3.05) is 4.90 Å². The first-order valence-electron chi connectivity index (χ1n) is 8.11. The number of hydrogen-bond donors (Lipinski definition) is 0. The van der Waals surface area contributed by atoms with Crippen molar-refractivity contribution in [2.45, 2.75) is 58.1 Å². The monoisotopic (exact) mass is 442 g/mol. The average molecular weight is 443 g/mol. The van der Waals surface area contributed by atoms with Crippen LogP contribution in [0.4, 0.5) is 15.4 Å². The molecule has 2 rings (SSSR count). The Morgan fingerprint density at radius 3 is 2.08 bits per heavy atom. The van der Waals surface area contributed by atoms with Gasteiger partial charge in [0.05, 0.1) is 4.70 Å². The predicted octanol–water partition coefficient (Wildman–Crippen LogP) is 5.87. The van der Waals surface area contributed by atoms with Crippen molar-refractivity contribution in [1.29, 1.82) is 0 Å². The van der Waals surface area contributed by atoms with Crippen molar-refractivity contribution in [2.24, 2.45) is 0 Å². The van der Waals surface area contributed by atoms with Gasteiger partial charge in [0.2, 0.25) is 0 Å². The molecular weight excluding hydrogens is 420 g/mol. The van der Waals surface area contributed by atoms with E-state index < -0.39 is 23.4 Å². The van der Waals surface area contributed by atoms with Crippen molar-refractivity contribution in [3.8, 4) is 0 Å². The van der Waals surface area contributed by atoms with Gasteiger partial charge in [0.15, 0.2) is 5.82 Å². The van der Waals surface area contributed by atoms with Crippen LogP contribution in [0.1, 0.15) is 47.1 Å². The zero-order valence-corrected chi connectivity index (χ0v) is 18.2. The molecule has 0 radical (unpaired) electrons. The van der Waals surface area contributed by atoms with E-state index in [-0.39, 0.29) is 5.82 Å². The molecule has 142 valence electrons. The van der Waals surface area contributed by atoms with Crippen LogP contribution in [-0.2, 0) is 14.8 Å². The molecule has 0 unspecified atom stereocenters. The van der Waals surface area contributed by atoms with Crippen LogP contribution in [0.3, 0.4) is 0 Å². The standard InChI is InChI=1S/C18H23BrN2O4S/c1-17(2,3)24-15(22)21(16(23)25-18(4,5)6)14-12-9-11(10-19)7-8-13(12)26-20-14/h7-9H,10H2,1-6H3. The lowest BCUT2D eigenvalue weighted by atomic mass is 10.2. The molecule has 0 bridgehead atoms. The van der Waals surface area contributed by atoms with E-state index in [2.05, 4.69) is 20.3 Å². The summed E-state index contributed by atoms with van der Waals surface area (Å²) in [7, 11) is 0.